The number of hydrogen-bond donors (Lipinski definition) is 1. The molecule has 0 atom stereocenters. The van der Waals surface area contributed by atoms with Gasteiger partial charge in [-0.1, -0.05) is 60.1 Å². The van der Waals surface area contributed by atoms with E-state index in [4.69, 9.17) is 11.6 Å². The Kier molecular flexibility index (Phi) is 6.90. The smallest absolute Gasteiger partial charge is 0.264 e. The number of amides is 1. The highest BCUT2D eigenvalue weighted by Gasteiger charge is 2.26. The number of hydrogen-bond acceptors (Lipinski definition) is 3. The van der Waals surface area contributed by atoms with Crippen LogP contribution >= 0.6 is 11.6 Å². The van der Waals surface area contributed by atoms with Crippen molar-refractivity contribution >= 4 is 33.2 Å². The van der Waals surface area contributed by atoms with Crippen LogP contribution in [0.1, 0.15) is 5.56 Å². The molecule has 0 fully saturated rings. The molecule has 0 heterocycles. The quantitative estimate of drug-likeness (QED) is 0.591. The maximum atomic E-state index is 13.1. The van der Waals surface area contributed by atoms with Crippen molar-refractivity contribution in [3.05, 3.63) is 95.5 Å². The second-order valence-corrected chi connectivity index (χ2v) is 8.69. The number of para-hydroxylation sites is 1. The van der Waals surface area contributed by atoms with Crippen LogP contribution < -0.4 is 9.62 Å². The Morgan fingerprint density at radius 2 is 1.45 bits per heavy atom. The number of rotatable bonds is 8. The molecule has 0 radical (unpaired) electrons. The Labute approximate surface area is 176 Å². The summed E-state index contributed by atoms with van der Waals surface area (Å²) in [6.07, 6.45) is 0.625. The molecular weight excluding hydrogens is 408 g/mol. The van der Waals surface area contributed by atoms with E-state index in [2.05, 4.69) is 5.32 Å². The van der Waals surface area contributed by atoms with Gasteiger partial charge in [-0.2, -0.15) is 0 Å². The van der Waals surface area contributed by atoms with Gasteiger partial charge < -0.3 is 5.32 Å². The first-order chi connectivity index (χ1) is 14.0. The van der Waals surface area contributed by atoms with Crippen LogP contribution in [0.2, 0.25) is 5.02 Å². The Bertz CT molecular complexity index is 1040. The number of carbonyl (C=O) groups is 1. The average molecular weight is 429 g/mol. The Hall–Kier alpha value is -2.83. The minimum Gasteiger partial charge on any atom is -0.354 e. The Balaban J connectivity index is 1.72. The van der Waals surface area contributed by atoms with Crippen molar-refractivity contribution < 1.29 is 13.2 Å². The molecule has 3 rings (SSSR count). The lowest BCUT2D eigenvalue weighted by atomic mass is 10.1. The van der Waals surface area contributed by atoms with Crippen molar-refractivity contribution in [2.75, 3.05) is 17.4 Å². The van der Waals surface area contributed by atoms with Crippen molar-refractivity contribution in [1.82, 2.24) is 5.32 Å². The molecule has 0 bridgehead atoms. The molecular formula is C22H21ClN2O3S. The molecule has 3 aromatic rings. The van der Waals surface area contributed by atoms with Crippen molar-refractivity contribution in [2.45, 2.75) is 11.3 Å². The van der Waals surface area contributed by atoms with Crippen LogP contribution in [0.15, 0.2) is 89.8 Å². The zero-order chi connectivity index (χ0) is 20.7. The predicted octanol–water partition coefficient (Wildman–Crippen LogP) is 3.89. The van der Waals surface area contributed by atoms with Gasteiger partial charge in [-0.3, -0.25) is 9.10 Å². The van der Waals surface area contributed by atoms with Gasteiger partial charge in [-0.15, -0.1) is 0 Å². The number of anilines is 1. The van der Waals surface area contributed by atoms with Crippen LogP contribution in [0.3, 0.4) is 0 Å². The molecule has 0 saturated carbocycles. The fourth-order valence-corrected chi connectivity index (χ4v) is 4.38. The molecule has 1 N–H and O–H groups in total. The van der Waals surface area contributed by atoms with Gasteiger partial charge in [0.05, 0.1) is 10.6 Å². The highest BCUT2D eigenvalue weighted by atomic mass is 35.5. The molecule has 0 saturated heterocycles. The van der Waals surface area contributed by atoms with E-state index in [0.29, 0.717) is 23.7 Å². The van der Waals surface area contributed by atoms with E-state index in [9.17, 15) is 13.2 Å². The number of halogens is 1. The van der Waals surface area contributed by atoms with Gasteiger partial charge in [-0.05, 0) is 48.4 Å². The molecule has 1 amide bonds. The number of benzene rings is 3. The molecule has 0 unspecified atom stereocenters. The van der Waals surface area contributed by atoms with E-state index in [1.54, 1.807) is 60.7 Å². The monoisotopic (exact) mass is 428 g/mol. The normalized spacial score (nSPS) is 11.1. The fraction of sp³-hybridized carbons (Fsp3) is 0.136. The zero-order valence-corrected chi connectivity index (χ0v) is 17.2. The third-order valence-electron chi connectivity index (χ3n) is 4.31. The number of sulfonamides is 1. The van der Waals surface area contributed by atoms with Crippen molar-refractivity contribution in [2.24, 2.45) is 0 Å². The molecule has 150 valence electrons. The molecule has 0 aromatic heterocycles. The highest BCUT2D eigenvalue weighted by molar-refractivity contribution is 7.92. The van der Waals surface area contributed by atoms with Gasteiger partial charge in [-0.25, -0.2) is 8.42 Å². The SMILES string of the molecule is O=C(CN(c1ccccc1)S(=O)(=O)c1ccccc1)NCCc1ccc(Cl)cc1. The minimum atomic E-state index is -3.87. The average Bonchev–Trinajstić information content (AvgIpc) is 2.74. The summed E-state index contributed by atoms with van der Waals surface area (Å²) in [5.74, 6) is -0.373. The van der Waals surface area contributed by atoms with Crippen molar-refractivity contribution in [3.8, 4) is 0 Å². The molecule has 7 heteroatoms. The van der Waals surface area contributed by atoms with E-state index in [-0.39, 0.29) is 17.3 Å². The van der Waals surface area contributed by atoms with Gasteiger partial charge >= 0.3 is 0 Å². The van der Waals surface area contributed by atoms with Crippen LogP contribution in [-0.2, 0) is 21.2 Å². The van der Waals surface area contributed by atoms with E-state index in [0.717, 1.165) is 9.87 Å². The topological polar surface area (TPSA) is 66.5 Å². The van der Waals surface area contributed by atoms with Crippen LogP contribution in [0.25, 0.3) is 0 Å². The predicted molar refractivity (Wildman–Crippen MR) is 116 cm³/mol. The fourth-order valence-electron chi connectivity index (χ4n) is 2.81. The second kappa shape index (κ2) is 9.58. The number of nitrogens with zero attached hydrogens (tertiary/aromatic N) is 1. The Morgan fingerprint density at radius 1 is 0.862 bits per heavy atom. The molecule has 3 aromatic carbocycles. The molecule has 0 aliphatic carbocycles. The molecule has 0 aliphatic heterocycles. The Morgan fingerprint density at radius 3 is 2.07 bits per heavy atom. The van der Waals surface area contributed by atoms with E-state index < -0.39 is 10.0 Å². The molecule has 0 aliphatic rings. The number of nitrogens with one attached hydrogen (secondary N) is 1. The van der Waals surface area contributed by atoms with Crippen LogP contribution in [0.4, 0.5) is 5.69 Å². The molecule has 29 heavy (non-hydrogen) atoms. The standard InChI is InChI=1S/C22H21ClN2O3S/c23-19-13-11-18(12-14-19)15-16-24-22(26)17-25(20-7-3-1-4-8-20)29(27,28)21-9-5-2-6-10-21/h1-14H,15-17H2,(H,24,26). The summed E-state index contributed by atoms with van der Waals surface area (Å²) in [4.78, 5) is 12.6. The van der Waals surface area contributed by atoms with Crippen molar-refractivity contribution in [3.63, 3.8) is 0 Å². The summed E-state index contributed by atoms with van der Waals surface area (Å²) in [7, 11) is -3.87. The van der Waals surface area contributed by atoms with Gasteiger partial charge in [0.1, 0.15) is 6.54 Å². The summed E-state index contributed by atoms with van der Waals surface area (Å²) < 4.78 is 27.4. The zero-order valence-electron chi connectivity index (χ0n) is 15.7. The van der Waals surface area contributed by atoms with Crippen LogP contribution in [0.5, 0.6) is 0 Å². The van der Waals surface area contributed by atoms with Crippen LogP contribution in [0, 0.1) is 0 Å². The number of carbonyl (C=O) groups excluding carboxylic acids is 1. The third kappa shape index (κ3) is 5.59. The first-order valence-corrected chi connectivity index (χ1v) is 10.9. The van der Waals surface area contributed by atoms with E-state index >= 15 is 0 Å². The largest absolute Gasteiger partial charge is 0.354 e. The van der Waals surface area contributed by atoms with Gasteiger partial charge in [0, 0.05) is 11.6 Å². The summed E-state index contributed by atoms with van der Waals surface area (Å²) in [6.45, 7) is 0.0936. The van der Waals surface area contributed by atoms with E-state index in [1.807, 2.05) is 12.1 Å². The van der Waals surface area contributed by atoms with Gasteiger partial charge in [0.25, 0.3) is 10.0 Å². The lowest BCUT2D eigenvalue weighted by Crippen LogP contribution is -2.41. The summed E-state index contributed by atoms with van der Waals surface area (Å²) in [5.41, 5.74) is 1.47. The lowest BCUT2D eigenvalue weighted by molar-refractivity contribution is -0.119. The van der Waals surface area contributed by atoms with Gasteiger partial charge in [0.2, 0.25) is 5.91 Å². The second-order valence-electron chi connectivity index (χ2n) is 6.39. The molecule has 0 spiro atoms. The maximum absolute atomic E-state index is 13.1. The first kappa shape index (κ1) is 20.9. The summed E-state index contributed by atoms with van der Waals surface area (Å²) in [6, 6.07) is 24.1. The maximum Gasteiger partial charge on any atom is 0.264 e. The first-order valence-electron chi connectivity index (χ1n) is 9.11. The third-order valence-corrected chi connectivity index (χ3v) is 6.35. The molecule has 5 nitrogen and oxygen atoms in total. The van der Waals surface area contributed by atoms with E-state index in [1.165, 1.54) is 12.1 Å². The van der Waals surface area contributed by atoms with Crippen LogP contribution in [-0.4, -0.2) is 27.4 Å². The highest BCUT2D eigenvalue weighted by Crippen LogP contribution is 2.23. The minimum absolute atomic E-state index is 0.137. The summed E-state index contributed by atoms with van der Waals surface area (Å²) in [5, 5.41) is 3.45. The summed E-state index contributed by atoms with van der Waals surface area (Å²) >= 11 is 5.87. The van der Waals surface area contributed by atoms with Crippen molar-refractivity contribution in [1.29, 1.82) is 0 Å². The lowest BCUT2D eigenvalue weighted by Gasteiger charge is -2.24. The van der Waals surface area contributed by atoms with Gasteiger partial charge in [0.15, 0.2) is 0 Å².